The summed E-state index contributed by atoms with van der Waals surface area (Å²) in [4.78, 5) is 21.0. The highest BCUT2D eigenvalue weighted by atomic mass is 16.2. The first-order valence-electron chi connectivity index (χ1n) is 8.16. The standard InChI is InChI=1S/C19H23N3O/c1-16-5-2-3-7-18(16)13-19(23)22-11-9-21(10-12-22)15-17-6-4-8-20-14-17/h2-8,14H,9-13,15H2,1H3. The maximum Gasteiger partial charge on any atom is 0.227 e. The van der Waals surface area contributed by atoms with Crippen LogP contribution in [0.3, 0.4) is 0 Å². The molecule has 23 heavy (non-hydrogen) atoms. The van der Waals surface area contributed by atoms with Crippen LogP contribution in [0.1, 0.15) is 16.7 Å². The Morgan fingerprint density at radius 2 is 1.87 bits per heavy atom. The van der Waals surface area contributed by atoms with E-state index in [9.17, 15) is 4.79 Å². The van der Waals surface area contributed by atoms with Gasteiger partial charge in [-0.05, 0) is 29.7 Å². The summed E-state index contributed by atoms with van der Waals surface area (Å²) in [5.41, 5.74) is 3.55. The second kappa shape index (κ2) is 7.38. The van der Waals surface area contributed by atoms with Crippen molar-refractivity contribution in [2.75, 3.05) is 26.2 Å². The van der Waals surface area contributed by atoms with Crippen LogP contribution in [0.25, 0.3) is 0 Å². The normalized spacial score (nSPS) is 15.6. The zero-order chi connectivity index (χ0) is 16.1. The Morgan fingerprint density at radius 1 is 1.09 bits per heavy atom. The van der Waals surface area contributed by atoms with Crippen LogP contribution < -0.4 is 0 Å². The van der Waals surface area contributed by atoms with Crippen molar-refractivity contribution in [1.82, 2.24) is 14.8 Å². The predicted molar refractivity (Wildman–Crippen MR) is 91.0 cm³/mol. The summed E-state index contributed by atoms with van der Waals surface area (Å²) >= 11 is 0. The third kappa shape index (κ3) is 4.17. The second-order valence-electron chi connectivity index (χ2n) is 6.12. The highest BCUT2D eigenvalue weighted by Crippen LogP contribution is 2.12. The Labute approximate surface area is 137 Å². The fourth-order valence-electron chi connectivity index (χ4n) is 2.99. The molecule has 0 saturated carbocycles. The smallest absolute Gasteiger partial charge is 0.227 e. The molecule has 1 aliphatic rings. The van der Waals surface area contributed by atoms with E-state index in [1.54, 1.807) is 6.20 Å². The van der Waals surface area contributed by atoms with E-state index in [0.717, 1.165) is 38.3 Å². The maximum absolute atomic E-state index is 12.5. The van der Waals surface area contributed by atoms with E-state index < -0.39 is 0 Å². The summed E-state index contributed by atoms with van der Waals surface area (Å²) in [7, 11) is 0. The molecular formula is C19H23N3O. The molecule has 1 aromatic carbocycles. The van der Waals surface area contributed by atoms with Crippen LogP contribution in [0.2, 0.25) is 0 Å². The van der Waals surface area contributed by atoms with Crippen LogP contribution >= 0.6 is 0 Å². The predicted octanol–water partition coefficient (Wildman–Crippen LogP) is 2.28. The zero-order valence-electron chi connectivity index (χ0n) is 13.6. The van der Waals surface area contributed by atoms with Crippen molar-refractivity contribution in [3.8, 4) is 0 Å². The summed E-state index contributed by atoms with van der Waals surface area (Å²) in [6.07, 6.45) is 4.22. The van der Waals surface area contributed by atoms with Crippen LogP contribution in [-0.4, -0.2) is 46.9 Å². The molecule has 0 spiro atoms. The van der Waals surface area contributed by atoms with Gasteiger partial charge >= 0.3 is 0 Å². The highest BCUT2D eigenvalue weighted by molar-refractivity contribution is 5.79. The molecule has 0 unspecified atom stereocenters. The van der Waals surface area contributed by atoms with Crippen molar-refractivity contribution in [2.24, 2.45) is 0 Å². The molecule has 2 heterocycles. The highest BCUT2D eigenvalue weighted by Gasteiger charge is 2.21. The van der Waals surface area contributed by atoms with E-state index in [-0.39, 0.29) is 5.91 Å². The number of aromatic nitrogens is 1. The van der Waals surface area contributed by atoms with Gasteiger partial charge in [-0.1, -0.05) is 30.3 Å². The van der Waals surface area contributed by atoms with Gasteiger partial charge in [-0.3, -0.25) is 14.7 Å². The summed E-state index contributed by atoms with van der Waals surface area (Å²) in [5, 5.41) is 0. The lowest BCUT2D eigenvalue weighted by molar-refractivity contribution is -0.132. The number of benzene rings is 1. The van der Waals surface area contributed by atoms with Crippen molar-refractivity contribution in [3.63, 3.8) is 0 Å². The molecule has 4 nitrogen and oxygen atoms in total. The fourth-order valence-corrected chi connectivity index (χ4v) is 2.99. The molecule has 0 atom stereocenters. The van der Waals surface area contributed by atoms with Crippen molar-refractivity contribution in [2.45, 2.75) is 19.9 Å². The van der Waals surface area contributed by atoms with Crippen molar-refractivity contribution >= 4 is 5.91 Å². The molecule has 1 aromatic heterocycles. The first-order valence-corrected chi connectivity index (χ1v) is 8.16. The monoisotopic (exact) mass is 309 g/mol. The lowest BCUT2D eigenvalue weighted by Gasteiger charge is -2.34. The Balaban J connectivity index is 1.50. The van der Waals surface area contributed by atoms with E-state index in [4.69, 9.17) is 0 Å². The van der Waals surface area contributed by atoms with E-state index in [1.807, 2.05) is 35.4 Å². The third-order valence-corrected chi connectivity index (χ3v) is 4.46. The van der Waals surface area contributed by atoms with E-state index in [1.165, 1.54) is 11.1 Å². The van der Waals surface area contributed by atoms with Gasteiger partial charge in [-0.25, -0.2) is 0 Å². The van der Waals surface area contributed by atoms with Crippen LogP contribution in [0.5, 0.6) is 0 Å². The van der Waals surface area contributed by atoms with Gasteiger partial charge in [0.15, 0.2) is 0 Å². The number of pyridine rings is 1. The molecule has 0 aliphatic carbocycles. The van der Waals surface area contributed by atoms with E-state index >= 15 is 0 Å². The minimum Gasteiger partial charge on any atom is -0.340 e. The average Bonchev–Trinajstić information content (AvgIpc) is 2.58. The molecule has 1 amide bonds. The van der Waals surface area contributed by atoms with Crippen LogP contribution in [0.4, 0.5) is 0 Å². The van der Waals surface area contributed by atoms with Gasteiger partial charge in [0, 0.05) is 45.1 Å². The Hall–Kier alpha value is -2.20. The van der Waals surface area contributed by atoms with Crippen molar-refractivity contribution in [1.29, 1.82) is 0 Å². The lowest BCUT2D eigenvalue weighted by atomic mass is 10.1. The van der Waals surface area contributed by atoms with Gasteiger partial charge in [0.25, 0.3) is 0 Å². The van der Waals surface area contributed by atoms with Crippen LogP contribution in [0.15, 0.2) is 48.8 Å². The fraction of sp³-hybridized carbons (Fsp3) is 0.368. The van der Waals surface area contributed by atoms with Crippen LogP contribution in [0, 0.1) is 6.92 Å². The van der Waals surface area contributed by atoms with Crippen molar-refractivity contribution < 1.29 is 4.79 Å². The number of carbonyl (C=O) groups is 1. The molecule has 0 radical (unpaired) electrons. The number of piperazine rings is 1. The molecule has 1 fully saturated rings. The number of amides is 1. The molecule has 3 rings (SSSR count). The van der Waals surface area contributed by atoms with Gasteiger partial charge in [-0.15, -0.1) is 0 Å². The molecule has 1 saturated heterocycles. The van der Waals surface area contributed by atoms with Crippen LogP contribution in [-0.2, 0) is 17.8 Å². The minimum atomic E-state index is 0.236. The quantitative estimate of drug-likeness (QED) is 0.869. The summed E-state index contributed by atoms with van der Waals surface area (Å²) in [5.74, 6) is 0.236. The average molecular weight is 309 g/mol. The Bertz CT molecular complexity index is 649. The van der Waals surface area contributed by atoms with Gasteiger partial charge in [0.2, 0.25) is 5.91 Å². The Kier molecular flexibility index (Phi) is 5.03. The summed E-state index contributed by atoms with van der Waals surface area (Å²) < 4.78 is 0. The van der Waals surface area contributed by atoms with Gasteiger partial charge in [0.1, 0.15) is 0 Å². The maximum atomic E-state index is 12.5. The first-order chi connectivity index (χ1) is 11.2. The molecular weight excluding hydrogens is 286 g/mol. The largest absolute Gasteiger partial charge is 0.340 e. The minimum absolute atomic E-state index is 0.236. The SMILES string of the molecule is Cc1ccccc1CC(=O)N1CCN(Cc2cccnc2)CC1. The van der Waals surface area contributed by atoms with Crippen molar-refractivity contribution in [3.05, 3.63) is 65.5 Å². The zero-order valence-corrected chi connectivity index (χ0v) is 13.6. The summed E-state index contributed by atoms with van der Waals surface area (Å²) in [6, 6.07) is 12.2. The summed E-state index contributed by atoms with van der Waals surface area (Å²) in [6.45, 7) is 6.45. The van der Waals surface area contributed by atoms with E-state index in [0.29, 0.717) is 6.42 Å². The molecule has 0 bridgehead atoms. The molecule has 2 aromatic rings. The Morgan fingerprint density at radius 3 is 2.57 bits per heavy atom. The van der Waals surface area contributed by atoms with Gasteiger partial charge < -0.3 is 4.90 Å². The number of hydrogen-bond acceptors (Lipinski definition) is 3. The molecule has 0 N–H and O–H groups in total. The molecule has 1 aliphatic heterocycles. The van der Waals surface area contributed by atoms with Gasteiger partial charge in [-0.2, -0.15) is 0 Å². The number of hydrogen-bond donors (Lipinski definition) is 0. The topological polar surface area (TPSA) is 36.4 Å². The molecule has 120 valence electrons. The third-order valence-electron chi connectivity index (χ3n) is 4.46. The second-order valence-corrected chi connectivity index (χ2v) is 6.12. The number of rotatable bonds is 4. The number of carbonyl (C=O) groups excluding carboxylic acids is 1. The first kappa shape index (κ1) is 15.7. The number of aryl methyl sites for hydroxylation is 1. The lowest BCUT2D eigenvalue weighted by Crippen LogP contribution is -2.48. The number of nitrogens with zero attached hydrogens (tertiary/aromatic N) is 3. The van der Waals surface area contributed by atoms with E-state index in [2.05, 4.69) is 28.9 Å². The van der Waals surface area contributed by atoms with Gasteiger partial charge in [0.05, 0.1) is 6.42 Å². The molecule has 4 heteroatoms.